The standard InChI is InChI=1S/C30H34FN3O6S/c1-3-32-30(36)26(18-22-10-5-4-6-11-22)33(20-23-12-7-8-13-25(23)31)29(35)14-9-17-34(41(2,37)38)24-15-16-27-28(19-24)40-21-39-27/h4-8,10-13,15-16,19,26H,3,9,14,17-18,20-21H2,1-2H3,(H,32,36)/t26-/m1/s1. The Kier molecular flexibility index (Phi) is 9.82. The number of carbonyl (C=O) groups is 2. The average Bonchev–Trinajstić information content (AvgIpc) is 3.42. The molecule has 1 heterocycles. The third-order valence-electron chi connectivity index (χ3n) is 6.72. The highest BCUT2D eigenvalue weighted by Gasteiger charge is 2.31. The number of amides is 2. The number of ether oxygens (including phenoxy) is 2. The van der Waals surface area contributed by atoms with Crippen LogP contribution in [0.3, 0.4) is 0 Å². The van der Waals surface area contributed by atoms with Crippen molar-refractivity contribution in [2.45, 2.75) is 38.8 Å². The molecule has 11 heteroatoms. The third-order valence-corrected chi connectivity index (χ3v) is 7.91. The first-order chi connectivity index (χ1) is 19.7. The van der Waals surface area contributed by atoms with Gasteiger partial charge in [-0.25, -0.2) is 12.8 Å². The first-order valence-corrected chi connectivity index (χ1v) is 15.2. The summed E-state index contributed by atoms with van der Waals surface area (Å²) in [6.07, 6.45) is 1.44. The minimum atomic E-state index is -3.69. The maximum absolute atomic E-state index is 14.7. The number of sulfonamides is 1. The summed E-state index contributed by atoms with van der Waals surface area (Å²) in [5.41, 5.74) is 1.51. The number of anilines is 1. The fraction of sp³-hybridized carbons (Fsp3) is 0.333. The van der Waals surface area contributed by atoms with E-state index >= 15 is 0 Å². The molecule has 1 aliphatic rings. The summed E-state index contributed by atoms with van der Waals surface area (Å²) < 4.78 is 51.9. The van der Waals surface area contributed by atoms with Gasteiger partial charge < -0.3 is 19.7 Å². The molecule has 0 aromatic heterocycles. The van der Waals surface area contributed by atoms with Gasteiger partial charge in [-0.2, -0.15) is 0 Å². The molecule has 3 aromatic carbocycles. The van der Waals surface area contributed by atoms with E-state index in [2.05, 4.69) is 5.32 Å². The van der Waals surface area contributed by atoms with Crippen molar-refractivity contribution in [3.63, 3.8) is 0 Å². The largest absolute Gasteiger partial charge is 0.454 e. The molecule has 0 saturated carbocycles. The van der Waals surface area contributed by atoms with Crippen molar-refractivity contribution >= 4 is 27.5 Å². The van der Waals surface area contributed by atoms with E-state index in [0.717, 1.165) is 11.8 Å². The predicted octanol–water partition coefficient (Wildman–Crippen LogP) is 3.88. The fourth-order valence-corrected chi connectivity index (χ4v) is 5.66. The molecular weight excluding hydrogens is 549 g/mol. The van der Waals surface area contributed by atoms with E-state index in [9.17, 15) is 22.4 Å². The van der Waals surface area contributed by atoms with Crippen LogP contribution in [0, 0.1) is 5.82 Å². The molecule has 41 heavy (non-hydrogen) atoms. The summed E-state index contributed by atoms with van der Waals surface area (Å²) in [4.78, 5) is 28.4. The molecule has 0 bridgehead atoms. The van der Waals surface area contributed by atoms with E-state index in [0.29, 0.717) is 23.7 Å². The average molecular weight is 584 g/mol. The van der Waals surface area contributed by atoms with Crippen LogP contribution >= 0.6 is 0 Å². The van der Waals surface area contributed by atoms with Crippen molar-refractivity contribution in [3.8, 4) is 11.5 Å². The quantitative estimate of drug-likeness (QED) is 0.328. The number of benzene rings is 3. The van der Waals surface area contributed by atoms with Gasteiger partial charge in [0, 0.05) is 44.1 Å². The molecule has 0 unspecified atom stereocenters. The van der Waals surface area contributed by atoms with Crippen LogP contribution in [0.2, 0.25) is 0 Å². The normalized spacial score (nSPS) is 13.0. The lowest BCUT2D eigenvalue weighted by Gasteiger charge is -2.32. The minimum Gasteiger partial charge on any atom is -0.454 e. The Labute approximate surface area is 239 Å². The van der Waals surface area contributed by atoms with Gasteiger partial charge in [0.05, 0.1) is 11.9 Å². The lowest BCUT2D eigenvalue weighted by Crippen LogP contribution is -2.50. The van der Waals surface area contributed by atoms with Gasteiger partial charge in [0.15, 0.2) is 11.5 Å². The number of fused-ring (bicyclic) bond motifs is 1. The van der Waals surface area contributed by atoms with Crippen LogP contribution in [0.1, 0.15) is 30.9 Å². The van der Waals surface area contributed by atoms with Crippen molar-refractivity contribution in [2.75, 3.05) is 30.4 Å². The number of nitrogens with zero attached hydrogens (tertiary/aromatic N) is 2. The Hall–Kier alpha value is -4.12. The lowest BCUT2D eigenvalue weighted by molar-refractivity contribution is -0.141. The zero-order valence-corrected chi connectivity index (χ0v) is 23.9. The van der Waals surface area contributed by atoms with Crippen molar-refractivity contribution in [1.29, 1.82) is 0 Å². The van der Waals surface area contributed by atoms with Crippen LogP contribution in [0.15, 0.2) is 72.8 Å². The van der Waals surface area contributed by atoms with Gasteiger partial charge in [0.1, 0.15) is 11.9 Å². The summed E-state index contributed by atoms with van der Waals surface area (Å²) >= 11 is 0. The van der Waals surface area contributed by atoms with Crippen LogP contribution in [-0.4, -0.2) is 57.3 Å². The number of nitrogens with one attached hydrogen (secondary N) is 1. The molecule has 218 valence electrons. The monoisotopic (exact) mass is 583 g/mol. The maximum atomic E-state index is 14.7. The Morgan fingerprint density at radius 3 is 2.41 bits per heavy atom. The molecule has 3 aromatic rings. The zero-order chi connectivity index (χ0) is 29.4. The second kappa shape index (κ2) is 13.5. The number of hydrogen-bond acceptors (Lipinski definition) is 6. The first kappa shape index (κ1) is 29.9. The zero-order valence-electron chi connectivity index (χ0n) is 23.1. The first-order valence-electron chi connectivity index (χ1n) is 13.4. The van der Waals surface area contributed by atoms with Gasteiger partial charge in [0.2, 0.25) is 28.6 Å². The third kappa shape index (κ3) is 7.75. The Balaban J connectivity index is 1.56. The van der Waals surface area contributed by atoms with Gasteiger partial charge >= 0.3 is 0 Å². The van der Waals surface area contributed by atoms with Crippen LogP contribution < -0.4 is 19.1 Å². The molecule has 0 saturated heterocycles. The number of rotatable bonds is 13. The number of halogens is 1. The fourth-order valence-electron chi connectivity index (χ4n) is 4.70. The van der Waals surface area contributed by atoms with Crippen molar-refractivity contribution in [1.82, 2.24) is 10.2 Å². The van der Waals surface area contributed by atoms with Crippen LogP contribution in [0.4, 0.5) is 10.1 Å². The molecule has 0 radical (unpaired) electrons. The summed E-state index contributed by atoms with van der Waals surface area (Å²) in [6, 6.07) is 19.4. The Morgan fingerprint density at radius 1 is 1.00 bits per heavy atom. The molecule has 4 rings (SSSR count). The van der Waals surface area contributed by atoms with Gasteiger partial charge in [-0.15, -0.1) is 0 Å². The molecule has 0 spiro atoms. The minimum absolute atomic E-state index is 0.0161. The van der Waals surface area contributed by atoms with E-state index < -0.39 is 21.9 Å². The van der Waals surface area contributed by atoms with E-state index in [1.54, 1.807) is 43.3 Å². The SMILES string of the molecule is CCNC(=O)[C@@H](Cc1ccccc1)N(Cc1ccccc1F)C(=O)CCCN(c1ccc2c(c1)OCO2)S(C)(=O)=O. The van der Waals surface area contributed by atoms with Crippen molar-refractivity contribution in [3.05, 3.63) is 89.7 Å². The van der Waals surface area contributed by atoms with E-state index in [1.165, 1.54) is 15.3 Å². The van der Waals surface area contributed by atoms with E-state index in [4.69, 9.17) is 9.47 Å². The van der Waals surface area contributed by atoms with Gasteiger partial charge in [0.25, 0.3) is 0 Å². The Bertz CT molecular complexity index is 1470. The lowest BCUT2D eigenvalue weighted by atomic mass is 10.0. The van der Waals surface area contributed by atoms with Crippen molar-refractivity contribution < 1.29 is 31.9 Å². The van der Waals surface area contributed by atoms with Gasteiger partial charge in [-0.1, -0.05) is 48.5 Å². The number of carbonyl (C=O) groups excluding carboxylic acids is 2. The predicted molar refractivity (Wildman–Crippen MR) is 154 cm³/mol. The second-order valence-electron chi connectivity index (χ2n) is 9.69. The van der Waals surface area contributed by atoms with Gasteiger partial charge in [-0.3, -0.25) is 13.9 Å². The van der Waals surface area contributed by atoms with Crippen LogP contribution in [0.5, 0.6) is 11.5 Å². The smallest absolute Gasteiger partial charge is 0.243 e. The van der Waals surface area contributed by atoms with Crippen molar-refractivity contribution in [2.24, 2.45) is 0 Å². The summed E-state index contributed by atoms with van der Waals surface area (Å²) in [5, 5.41) is 2.80. The van der Waals surface area contributed by atoms with E-state index in [1.807, 2.05) is 30.3 Å². The number of hydrogen-bond donors (Lipinski definition) is 1. The van der Waals surface area contributed by atoms with Crippen LogP contribution in [0.25, 0.3) is 0 Å². The highest BCUT2D eigenvalue weighted by molar-refractivity contribution is 7.92. The molecule has 1 aliphatic heterocycles. The molecule has 9 nitrogen and oxygen atoms in total. The van der Waals surface area contributed by atoms with E-state index in [-0.39, 0.29) is 56.5 Å². The molecular formula is C30H34FN3O6S. The molecule has 0 fully saturated rings. The highest BCUT2D eigenvalue weighted by Crippen LogP contribution is 2.36. The summed E-state index contributed by atoms with van der Waals surface area (Å²) in [5.74, 6) is -0.255. The molecule has 0 aliphatic carbocycles. The highest BCUT2D eigenvalue weighted by atomic mass is 32.2. The van der Waals surface area contributed by atoms with Crippen LogP contribution in [-0.2, 0) is 32.6 Å². The molecule has 2 amide bonds. The maximum Gasteiger partial charge on any atom is 0.243 e. The number of likely N-dealkylation sites (N-methyl/N-ethyl adjacent to an activating group) is 1. The topological polar surface area (TPSA) is 105 Å². The Morgan fingerprint density at radius 2 is 1.71 bits per heavy atom. The molecule has 1 N–H and O–H groups in total. The molecule has 1 atom stereocenters. The second-order valence-corrected chi connectivity index (χ2v) is 11.6. The van der Waals surface area contributed by atoms with Gasteiger partial charge in [-0.05, 0) is 37.1 Å². The summed E-state index contributed by atoms with van der Waals surface area (Å²) in [6.45, 7) is 2.11. The summed E-state index contributed by atoms with van der Waals surface area (Å²) in [7, 11) is -3.69.